The Morgan fingerprint density at radius 2 is 1.87 bits per heavy atom. The highest BCUT2D eigenvalue weighted by atomic mass is 32.1. The zero-order chi connectivity index (χ0) is 38.1. The van der Waals surface area contributed by atoms with Crippen LogP contribution in [0.15, 0.2) is 47.4 Å². The van der Waals surface area contributed by atoms with Crippen LogP contribution >= 0.6 is 11.3 Å². The molecule has 12 nitrogen and oxygen atoms in total. The summed E-state index contributed by atoms with van der Waals surface area (Å²) in [4.78, 5) is 37.6. The fraction of sp³-hybridized carbons (Fsp3) is 0.353. The third-order valence-corrected chi connectivity index (χ3v) is 11.0. The number of carbonyl (C=O) groups is 1. The number of hydrogen-bond donors (Lipinski definition) is 3. The number of nitrogens with one attached hydrogen (secondary N) is 2. The zero-order valence-corrected chi connectivity index (χ0v) is 28.6. The lowest BCUT2D eigenvalue weighted by molar-refractivity contribution is -0.142. The number of aromatic nitrogens is 7. The molecule has 20 heteroatoms. The van der Waals surface area contributed by atoms with Crippen molar-refractivity contribution in [2.45, 2.75) is 56.0 Å². The van der Waals surface area contributed by atoms with Gasteiger partial charge >= 0.3 is 11.9 Å². The predicted octanol–water partition coefficient (Wildman–Crippen LogP) is 5.07. The van der Waals surface area contributed by atoms with Crippen LogP contribution in [-0.2, 0) is 29.9 Å². The van der Waals surface area contributed by atoms with E-state index in [0.717, 1.165) is 12.1 Å². The standard InChI is InChI=1S/C34H26F7N9O3S/c1-32(53)12-48(13-32)31-44-29-22(54-31)9-18(15-2-3-23-45-46-30(52)49(23)10-15)26(43-29)21(6-14-4-16(35)7-17(36)5-14)42-24(51)11-50-28-25(27(47-50)34(39,40)41)19-8-20(19)33(28,37)38/h2-5,7,9-10,19-21,53H,6,8,11-13H2,1H3,(H,42,51)(H,46,52)/t19?,20-,21+/m1/s1. The maximum Gasteiger partial charge on any atom is 0.435 e. The summed E-state index contributed by atoms with van der Waals surface area (Å²) in [5, 5.41) is 23.2. The van der Waals surface area contributed by atoms with E-state index in [9.17, 15) is 36.6 Å². The summed E-state index contributed by atoms with van der Waals surface area (Å²) in [6.07, 6.45) is -4.04. The lowest BCUT2D eigenvalue weighted by Gasteiger charge is -2.43. The minimum Gasteiger partial charge on any atom is -0.386 e. The van der Waals surface area contributed by atoms with Crippen molar-refractivity contribution in [3.63, 3.8) is 0 Å². The van der Waals surface area contributed by atoms with Crippen molar-refractivity contribution in [2.24, 2.45) is 5.92 Å². The topological polar surface area (TPSA) is 146 Å². The number of amides is 1. The monoisotopic (exact) mass is 773 g/mol. The first-order valence-corrected chi connectivity index (χ1v) is 17.4. The lowest BCUT2D eigenvalue weighted by Crippen LogP contribution is -2.60. The molecule has 0 bridgehead atoms. The minimum atomic E-state index is -5.05. The van der Waals surface area contributed by atoms with Crippen molar-refractivity contribution in [3.8, 4) is 11.1 Å². The summed E-state index contributed by atoms with van der Waals surface area (Å²) in [5.41, 5.74) is -3.20. The quantitative estimate of drug-likeness (QED) is 0.182. The fourth-order valence-corrected chi connectivity index (χ4v) is 8.57. The van der Waals surface area contributed by atoms with Gasteiger partial charge in [0.05, 0.1) is 35.1 Å². The summed E-state index contributed by atoms with van der Waals surface area (Å²) in [6.45, 7) is 1.23. The van der Waals surface area contributed by atoms with Gasteiger partial charge in [0.1, 0.15) is 23.9 Å². The molecule has 1 amide bonds. The van der Waals surface area contributed by atoms with Crippen LogP contribution in [0.3, 0.4) is 0 Å². The number of H-pyrrole nitrogens is 1. The zero-order valence-electron chi connectivity index (χ0n) is 27.8. The largest absolute Gasteiger partial charge is 0.435 e. The normalized spacial score (nSPS) is 20.2. The first-order chi connectivity index (χ1) is 25.4. The molecule has 6 heterocycles. The van der Waals surface area contributed by atoms with Crippen molar-refractivity contribution < 1.29 is 40.6 Å². The van der Waals surface area contributed by atoms with Crippen molar-refractivity contribution >= 4 is 38.4 Å². The van der Waals surface area contributed by atoms with Gasteiger partial charge in [-0.05, 0) is 61.6 Å². The van der Waals surface area contributed by atoms with E-state index in [1.54, 1.807) is 19.1 Å². The highest BCUT2D eigenvalue weighted by Gasteiger charge is 2.68. The molecule has 9 rings (SSSR count). The van der Waals surface area contributed by atoms with Crippen molar-refractivity contribution in [1.29, 1.82) is 0 Å². The number of rotatable bonds is 8. The molecule has 280 valence electrons. The molecule has 1 saturated heterocycles. The lowest BCUT2D eigenvalue weighted by atomic mass is 9.96. The van der Waals surface area contributed by atoms with Gasteiger partial charge in [-0.25, -0.2) is 28.1 Å². The Balaban J connectivity index is 1.16. The molecule has 0 radical (unpaired) electrons. The SMILES string of the molecule is CC1(O)CN(c2nc3nc([C@H](Cc4cc(F)cc(F)c4)NC(=O)Cn4nc(C(F)(F)F)c5c4C(F)(F)[C@@H]4CC54)c(-c4ccc5n[nH]c(=O)n5c4)cc3s2)C1. The van der Waals surface area contributed by atoms with Gasteiger partial charge in [0.15, 0.2) is 22.1 Å². The summed E-state index contributed by atoms with van der Waals surface area (Å²) in [6, 6.07) is 6.26. The van der Waals surface area contributed by atoms with Crippen LogP contribution in [0.25, 0.3) is 27.1 Å². The third kappa shape index (κ3) is 5.69. The maximum absolute atomic E-state index is 15.3. The van der Waals surface area contributed by atoms with Crippen LogP contribution in [0.4, 0.5) is 35.9 Å². The number of aliphatic hydroxyl groups is 1. The van der Waals surface area contributed by atoms with Gasteiger partial charge in [-0.1, -0.05) is 11.3 Å². The number of anilines is 1. The number of benzene rings is 1. The van der Waals surface area contributed by atoms with E-state index in [2.05, 4.69) is 25.6 Å². The van der Waals surface area contributed by atoms with Crippen LogP contribution in [-0.4, -0.2) is 64.1 Å². The van der Waals surface area contributed by atoms with Crippen LogP contribution in [0.1, 0.15) is 53.5 Å². The summed E-state index contributed by atoms with van der Waals surface area (Å²) >= 11 is 1.26. The van der Waals surface area contributed by atoms with Gasteiger partial charge in [-0.3, -0.25) is 9.48 Å². The van der Waals surface area contributed by atoms with E-state index in [1.807, 2.05) is 4.90 Å². The molecule has 3 aliphatic rings. The average Bonchev–Trinajstić information content (AvgIpc) is 3.31. The van der Waals surface area contributed by atoms with Crippen molar-refractivity contribution in [2.75, 3.05) is 18.0 Å². The van der Waals surface area contributed by atoms with Gasteiger partial charge in [0, 0.05) is 34.9 Å². The fourth-order valence-electron chi connectivity index (χ4n) is 7.62. The van der Waals surface area contributed by atoms with Gasteiger partial charge in [-0.15, -0.1) is 0 Å². The number of hydrogen-bond acceptors (Lipinski definition) is 9. The Kier molecular flexibility index (Phi) is 7.37. The molecule has 3 atom stereocenters. The van der Waals surface area contributed by atoms with E-state index >= 15 is 8.78 Å². The Bertz CT molecular complexity index is 2570. The molecule has 3 N–H and O–H groups in total. The van der Waals surface area contributed by atoms with Crippen LogP contribution < -0.4 is 15.9 Å². The number of nitrogens with zero attached hydrogens (tertiary/aromatic N) is 7. The molecule has 2 fully saturated rings. The number of thiazole rings is 1. The van der Waals surface area contributed by atoms with E-state index < -0.39 is 82.3 Å². The van der Waals surface area contributed by atoms with Crippen molar-refractivity contribution in [1.82, 2.24) is 39.7 Å². The first-order valence-electron chi connectivity index (χ1n) is 16.6. The van der Waals surface area contributed by atoms with Crippen LogP contribution in [0, 0.1) is 17.6 Å². The predicted molar refractivity (Wildman–Crippen MR) is 178 cm³/mol. The van der Waals surface area contributed by atoms with Crippen LogP contribution in [0.2, 0.25) is 0 Å². The van der Waals surface area contributed by atoms with Gasteiger partial charge < -0.3 is 15.3 Å². The second-order valence-electron chi connectivity index (χ2n) is 14.2. The number of alkyl halides is 5. The highest BCUT2D eigenvalue weighted by molar-refractivity contribution is 7.22. The number of halogens is 7. The van der Waals surface area contributed by atoms with E-state index in [4.69, 9.17) is 4.98 Å². The number of carbonyl (C=O) groups excluding carboxylic acids is 1. The Morgan fingerprint density at radius 1 is 1.13 bits per heavy atom. The van der Waals surface area contributed by atoms with Crippen molar-refractivity contribution in [3.05, 3.63) is 92.9 Å². The number of β-amino-alcohol motifs (C(OH)–C–C–N with tert-alkyl or cyclic N) is 1. The Morgan fingerprint density at radius 3 is 2.57 bits per heavy atom. The molecule has 1 aromatic carbocycles. The number of pyridine rings is 2. The molecule has 6 aromatic rings. The highest BCUT2D eigenvalue weighted by Crippen LogP contribution is 2.68. The number of aromatic amines is 1. The van der Waals surface area contributed by atoms with E-state index in [-0.39, 0.29) is 35.4 Å². The molecule has 1 unspecified atom stereocenters. The third-order valence-electron chi connectivity index (χ3n) is 9.98. The minimum absolute atomic E-state index is 0.0555. The second-order valence-corrected chi connectivity index (χ2v) is 15.2. The van der Waals surface area contributed by atoms with E-state index in [1.165, 1.54) is 28.0 Å². The van der Waals surface area contributed by atoms with E-state index in [0.29, 0.717) is 44.8 Å². The van der Waals surface area contributed by atoms with Crippen LogP contribution in [0.5, 0.6) is 0 Å². The average molecular weight is 774 g/mol. The molecule has 1 aliphatic heterocycles. The smallest absolute Gasteiger partial charge is 0.386 e. The molecule has 0 spiro atoms. The van der Waals surface area contributed by atoms with Gasteiger partial charge in [0.25, 0.3) is 5.92 Å². The first kappa shape index (κ1) is 34.4. The summed E-state index contributed by atoms with van der Waals surface area (Å²) < 4.78 is 104. The summed E-state index contributed by atoms with van der Waals surface area (Å²) in [5.74, 6) is -8.88. The van der Waals surface area contributed by atoms with Gasteiger partial charge in [-0.2, -0.15) is 37.1 Å². The Hall–Kier alpha value is -5.37. The molecule has 5 aromatic heterocycles. The van der Waals surface area contributed by atoms with Gasteiger partial charge in [0.2, 0.25) is 5.91 Å². The molecular weight excluding hydrogens is 747 g/mol. The molecular formula is C34H26F7N9O3S. The molecule has 2 aliphatic carbocycles. The summed E-state index contributed by atoms with van der Waals surface area (Å²) in [7, 11) is 0. The number of fused-ring (bicyclic) bond motifs is 5. The second kappa shape index (κ2) is 11.6. The Labute approximate surface area is 302 Å². The molecule has 1 saturated carbocycles. The maximum atomic E-state index is 15.3. The molecule has 54 heavy (non-hydrogen) atoms.